The lowest BCUT2D eigenvalue weighted by molar-refractivity contribution is -0.0304. The molecule has 2 aromatic rings. The first-order chi connectivity index (χ1) is 12.7. The van der Waals surface area contributed by atoms with Crippen molar-refractivity contribution in [3.63, 3.8) is 0 Å². The highest BCUT2D eigenvalue weighted by molar-refractivity contribution is 7.45. The number of aryl methyl sites for hydroxylation is 1. The van der Waals surface area contributed by atoms with Crippen LogP contribution < -0.4 is 0 Å². The van der Waals surface area contributed by atoms with E-state index in [-0.39, 0.29) is 11.4 Å². The van der Waals surface area contributed by atoms with Crippen molar-refractivity contribution in [3.05, 3.63) is 35.5 Å². The Morgan fingerprint density at radius 1 is 1.22 bits per heavy atom. The van der Waals surface area contributed by atoms with Crippen molar-refractivity contribution in [2.45, 2.75) is 26.2 Å². The third kappa shape index (κ3) is 4.97. The second-order valence-electron chi connectivity index (χ2n) is 7.38. The van der Waals surface area contributed by atoms with E-state index in [1.165, 1.54) is 0 Å². The normalized spacial score (nSPS) is 24.4. The van der Waals surface area contributed by atoms with Gasteiger partial charge in [0.15, 0.2) is 0 Å². The third-order valence-electron chi connectivity index (χ3n) is 5.52. The molecule has 3 fully saturated rings. The van der Waals surface area contributed by atoms with Gasteiger partial charge in [0.1, 0.15) is 0 Å². The Bertz CT molecular complexity index is 844. The highest BCUT2D eigenvalue weighted by atomic mass is 31.2. The van der Waals surface area contributed by atoms with E-state index >= 15 is 0 Å². The average molecular weight is 396 g/mol. The molecule has 0 saturated carbocycles. The molecule has 2 bridgehead atoms. The van der Waals surface area contributed by atoms with E-state index in [0.29, 0.717) is 12.2 Å². The van der Waals surface area contributed by atoms with E-state index in [1.54, 1.807) is 6.20 Å². The zero-order chi connectivity index (χ0) is 19.7. The van der Waals surface area contributed by atoms with Crippen LogP contribution in [-0.2, 0) is 9.30 Å². The summed E-state index contributed by atoms with van der Waals surface area (Å²) < 4.78 is 14.6. The van der Waals surface area contributed by atoms with E-state index in [0.717, 1.165) is 55.4 Å². The lowest BCUT2D eigenvalue weighted by Crippen LogP contribution is -2.50. The number of nitrogens with one attached hydrogen (secondary N) is 1. The summed E-state index contributed by atoms with van der Waals surface area (Å²) in [5, 5.41) is 0.989. The quantitative estimate of drug-likeness (QED) is 0.463. The Morgan fingerprint density at radius 2 is 1.81 bits per heavy atom. The number of nitrogens with zero attached hydrogens (tertiary/aromatic N) is 1. The van der Waals surface area contributed by atoms with Gasteiger partial charge in [-0.15, -0.1) is 0 Å². The molecule has 3 saturated heterocycles. The molecule has 0 atom stereocenters. The van der Waals surface area contributed by atoms with Gasteiger partial charge in [0.25, 0.3) is 0 Å². The summed E-state index contributed by atoms with van der Waals surface area (Å²) >= 11 is 0. The van der Waals surface area contributed by atoms with Crippen LogP contribution in [0.5, 0.6) is 0 Å². The molecule has 9 heteroatoms. The number of ether oxygens (including phenoxy) is 1. The number of hydrogen-bond donors (Lipinski definition) is 4. The summed E-state index contributed by atoms with van der Waals surface area (Å²) in [6.07, 6.45) is 5.26. The van der Waals surface area contributed by atoms with Crippen molar-refractivity contribution in [2.24, 2.45) is 5.41 Å². The first kappa shape index (κ1) is 20.0. The van der Waals surface area contributed by atoms with E-state index in [1.807, 2.05) is 25.1 Å². The molecule has 4 heterocycles. The minimum Gasteiger partial charge on any atom is -0.461 e. The number of piperidine rings is 3. The maximum Gasteiger partial charge on any atom is 0.466 e. The third-order valence-corrected chi connectivity index (χ3v) is 5.52. The van der Waals surface area contributed by atoms with Crippen molar-refractivity contribution in [1.29, 1.82) is 0 Å². The van der Waals surface area contributed by atoms with Crippen LogP contribution in [0.3, 0.4) is 0 Å². The van der Waals surface area contributed by atoms with Crippen molar-refractivity contribution in [2.75, 3.05) is 26.2 Å². The second kappa shape index (κ2) is 7.73. The molecule has 0 unspecified atom stereocenters. The Hall–Kier alpha value is -1.70. The molecule has 3 aliphatic heterocycles. The Morgan fingerprint density at radius 3 is 2.41 bits per heavy atom. The number of hydrogen-bond acceptors (Lipinski definition) is 4. The predicted octanol–water partition coefficient (Wildman–Crippen LogP) is 2.19. The summed E-state index contributed by atoms with van der Waals surface area (Å²) in [6.45, 7) is 6.07. The number of aromatic amines is 1. The fourth-order valence-electron chi connectivity index (χ4n) is 3.94. The Kier molecular flexibility index (Phi) is 5.74. The fourth-order valence-corrected chi connectivity index (χ4v) is 3.94. The molecule has 5 rings (SSSR count). The maximum atomic E-state index is 12.5. The summed E-state index contributed by atoms with van der Waals surface area (Å²) in [4.78, 5) is 39.8. The number of carbonyl (C=O) groups excluding carboxylic acids is 1. The number of esters is 1. The molecule has 27 heavy (non-hydrogen) atoms. The average Bonchev–Trinajstić information content (AvgIpc) is 3.06. The number of H-pyrrole nitrogens is 1. The van der Waals surface area contributed by atoms with Crippen LogP contribution >= 0.6 is 7.82 Å². The standard InChI is InChI=1S/C18H22N2O2.H3O4P/c1-13-3-2-4-15-16(13)14(11-19-15)17(21)22-12-18-5-8-20(9-6-18)10-7-18;1-5(2,3)4/h2-4,11,19H,5-10,12H2,1H3;(H3,1,2,3,4). The molecule has 4 N–H and O–H groups in total. The number of aromatic nitrogens is 1. The smallest absolute Gasteiger partial charge is 0.461 e. The van der Waals surface area contributed by atoms with Gasteiger partial charge in [-0.1, -0.05) is 12.1 Å². The number of fused-ring (bicyclic) bond motifs is 4. The Balaban J connectivity index is 0.000000376. The van der Waals surface area contributed by atoms with Crippen LogP contribution in [0.4, 0.5) is 0 Å². The van der Waals surface area contributed by atoms with Crippen molar-refractivity contribution in [3.8, 4) is 0 Å². The highest BCUT2D eigenvalue weighted by Gasteiger charge is 2.40. The molecule has 0 spiro atoms. The second-order valence-corrected chi connectivity index (χ2v) is 8.41. The van der Waals surface area contributed by atoms with Gasteiger partial charge in [-0.2, -0.15) is 0 Å². The van der Waals surface area contributed by atoms with Crippen molar-refractivity contribution >= 4 is 24.7 Å². The molecule has 8 nitrogen and oxygen atoms in total. The SMILES string of the molecule is Cc1cccc2[nH]cc(C(=O)OCC34CCN(CC3)CC4)c12.O=P(O)(O)O. The fraction of sp³-hybridized carbons (Fsp3) is 0.500. The van der Waals surface area contributed by atoms with E-state index in [2.05, 4.69) is 9.88 Å². The van der Waals surface area contributed by atoms with Gasteiger partial charge in [0.2, 0.25) is 0 Å². The van der Waals surface area contributed by atoms with E-state index < -0.39 is 7.82 Å². The van der Waals surface area contributed by atoms with Gasteiger partial charge in [0, 0.05) is 22.5 Å². The highest BCUT2D eigenvalue weighted by Crippen LogP contribution is 2.40. The van der Waals surface area contributed by atoms with Crippen molar-refractivity contribution in [1.82, 2.24) is 9.88 Å². The van der Waals surface area contributed by atoms with Gasteiger partial charge in [-0.3, -0.25) is 0 Å². The van der Waals surface area contributed by atoms with E-state index in [4.69, 9.17) is 24.0 Å². The lowest BCUT2D eigenvalue weighted by Gasteiger charge is -2.47. The lowest BCUT2D eigenvalue weighted by atomic mass is 9.73. The monoisotopic (exact) mass is 396 g/mol. The first-order valence-corrected chi connectivity index (χ1v) is 10.5. The van der Waals surface area contributed by atoms with Crippen LogP contribution in [0.2, 0.25) is 0 Å². The first-order valence-electron chi connectivity index (χ1n) is 8.91. The van der Waals surface area contributed by atoms with Gasteiger partial charge in [0.05, 0.1) is 12.2 Å². The topological polar surface area (TPSA) is 123 Å². The molecule has 148 valence electrons. The zero-order valence-corrected chi connectivity index (χ0v) is 16.1. The van der Waals surface area contributed by atoms with Crippen LogP contribution in [0, 0.1) is 12.3 Å². The molecule has 0 aliphatic carbocycles. The van der Waals surface area contributed by atoms with Gasteiger partial charge >= 0.3 is 13.8 Å². The van der Waals surface area contributed by atoms with Crippen LogP contribution in [0.25, 0.3) is 10.9 Å². The van der Waals surface area contributed by atoms with Gasteiger partial charge < -0.3 is 29.3 Å². The van der Waals surface area contributed by atoms with Crippen LogP contribution in [-0.4, -0.2) is 56.8 Å². The molecule has 3 aliphatic rings. The minimum atomic E-state index is -4.64. The van der Waals surface area contributed by atoms with E-state index in [9.17, 15) is 4.79 Å². The number of benzene rings is 1. The summed E-state index contributed by atoms with van der Waals surface area (Å²) in [5.41, 5.74) is 3.00. The summed E-state index contributed by atoms with van der Waals surface area (Å²) in [7, 11) is -4.64. The van der Waals surface area contributed by atoms with Crippen LogP contribution in [0.15, 0.2) is 24.4 Å². The van der Waals surface area contributed by atoms with Crippen LogP contribution in [0.1, 0.15) is 35.2 Å². The van der Waals surface area contributed by atoms with Gasteiger partial charge in [-0.25, -0.2) is 9.36 Å². The number of carbonyl (C=O) groups is 1. The molecule has 0 amide bonds. The summed E-state index contributed by atoms with van der Waals surface area (Å²) in [6, 6.07) is 6.02. The van der Waals surface area contributed by atoms with Crippen molar-refractivity contribution < 1.29 is 28.8 Å². The minimum absolute atomic E-state index is 0.192. The van der Waals surface area contributed by atoms with Gasteiger partial charge in [-0.05, 0) is 57.5 Å². The molecule has 1 aromatic heterocycles. The zero-order valence-electron chi connectivity index (χ0n) is 15.2. The maximum absolute atomic E-state index is 12.5. The largest absolute Gasteiger partial charge is 0.466 e. The number of phosphoric acid groups is 1. The predicted molar refractivity (Wildman–Crippen MR) is 100 cm³/mol. The molecule has 1 aromatic carbocycles. The Labute approximate surface area is 157 Å². The molecular formula is C18H25N2O6P. The molecular weight excluding hydrogens is 371 g/mol. The molecule has 0 radical (unpaired) electrons. The number of rotatable bonds is 3. The summed E-state index contributed by atoms with van der Waals surface area (Å²) in [5.74, 6) is -0.192.